The third kappa shape index (κ3) is 6.80. The highest BCUT2D eigenvalue weighted by molar-refractivity contribution is 6.30. The fourth-order valence-corrected chi connectivity index (χ4v) is 2.66. The van der Waals surface area contributed by atoms with Crippen molar-refractivity contribution < 1.29 is 14.3 Å². The summed E-state index contributed by atoms with van der Waals surface area (Å²) in [6, 6.07) is 7.00. The Balaban J connectivity index is 1.60. The first-order valence-corrected chi connectivity index (χ1v) is 8.86. The van der Waals surface area contributed by atoms with Crippen molar-refractivity contribution in [2.24, 2.45) is 0 Å². The topological polar surface area (TPSA) is 73.9 Å². The second kappa shape index (κ2) is 10.1. The number of hydrogen-bond donors (Lipinski definition) is 2. The Bertz CT molecular complexity index is 560. The SMILES string of the molecule is CCNC(=O)CN1CCN(C(=O)NCCOc2ccc(Cl)cc2)CC1. The van der Waals surface area contributed by atoms with Gasteiger partial charge in [-0.05, 0) is 31.2 Å². The highest BCUT2D eigenvalue weighted by Gasteiger charge is 2.21. The van der Waals surface area contributed by atoms with Crippen LogP contribution in [0.4, 0.5) is 4.79 Å². The third-order valence-corrected chi connectivity index (χ3v) is 4.11. The van der Waals surface area contributed by atoms with Crippen molar-refractivity contribution in [3.8, 4) is 5.75 Å². The molecule has 1 aromatic rings. The van der Waals surface area contributed by atoms with Crippen molar-refractivity contribution in [2.75, 3.05) is 52.4 Å². The lowest BCUT2D eigenvalue weighted by molar-refractivity contribution is -0.122. The Labute approximate surface area is 153 Å². The molecule has 8 heteroatoms. The number of piperazine rings is 1. The van der Waals surface area contributed by atoms with Crippen molar-refractivity contribution in [2.45, 2.75) is 6.92 Å². The number of urea groups is 1. The number of nitrogens with one attached hydrogen (secondary N) is 2. The summed E-state index contributed by atoms with van der Waals surface area (Å²) >= 11 is 5.81. The van der Waals surface area contributed by atoms with Gasteiger partial charge < -0.3 is 20.3 Å². The largest absolute Gasteiger partial charge is 0.492 e. The molecule has 1 heterocycles. The van der Waals surface area contributed by atoms with E-state index in [0.29, 0.717) is 57.4 Å². The van der Waals surface area contributed by atoms with Gasteiger partial charge in [0, 0.05) is 37.7 Å². The molecule has 0 unspecified atom stereocenters. The van der Waals surface area contributed by atoms with Crippen LogP contribution >= 0.6 is 11.6 Å². The number of hydrogen-bond acceptors (Lipinski definition) is 4. The van der Waals surface area contributed by atoms with Gasteiger partial charge in [0.1, 0.15) is 12.4 Å². The zero-order valence-electron chi connectivity index (χ0n) is 14.5. The lowest BCUT2D eigenvalue weighted by Crippen LogP contribution is -2.53. The van der Waals surface area contributed by atoms with Crippen LogP contribution < -0.4 is 15.4 Å². The molecular weight excluding hydrogens is 344 g/mol. The van der Waals surface area contributed by atoms with E-state index < -0.39 is 0 Å². The molecule has 0 saturated carbocycles. The number of likely N-dealkylation sites (N-methyl/N-ethyl adjacent to an activating group) is 1. The molecule has 3 amide bonds. The second-order valence-corrected chi connectivity index (χ2v) is 6.19. The van der Waals surface area contributed by atoms with Gasteiger partial charge in [0.15, 0.2) is 0 Å². The van der Waals surface area contributed by atoms with Gasteiger partial charge in [-0.3, -0.25) is 9.69 Å². The number of nitrogens with zero attached hydrogens (tertiary/aromatic N) is 2. The van der Waals surface area contributed by atoms with Crippen LogP contribution in [0.15, 0.2) is 24.3 Å². The number of carbonyl (C=O) groups excluding carboxylic acids is 2. The molecule has 0 spiro atoms. The molecule has 25 heavy (non-hydrogen) atoms. The zero-order chi connectivity index (χ0) is 18.1. The fourth-order valence-electron chi connectivity index (χ4n) is 2.53. The van der Waals surface area contributed by atoms with Gasteiger partial charge >= 0.3 is 6.03 Å². The molecule has 1 aromatic carbocycles. The summed E-state index contributed by atoms with van der Waals surface area (Å²) in [7, 11) is 0. The van der Waals surface area contributed by atoms with Gasteiger partial charge in [0.05, 0.1) is 13.1 Å². The van der Waals surface area contributed by atoms with E-state index in [0.717, 1.165) is 5.75 Å². The summed E-state index contributed by atoms with van der Waals surface area (Å²) in [5, 5.41) is 6.29. The smallest absolute Gasteiger partial charge is 0.317 e. The van der Waals surface area contributed by atoms with E-state index in [4.69, 9.17) is 16.3 Å². The number of carbonyl (C=O) groups is 2. The Morgan fingerprint density at radius 3 is 2.44 bits per heavy atom. The maximum atomic E-state index is 12.1. The van der Waals surface area contributed by atoms with Gasteiger partial charge in [0.2, 0.25) is 5.91 Å². The van der Waals surface area contributed by atoms with Crippen LogP contribution in [0.1, 0.15) is 6.92 Å². The molecule has 7 nitrogen and oxygen atoms in total. The van der Waals surface area contributed by atoms with E-state index in [-0.39, 0.29) is 11.9 Å². The first kappa shape index (κ1) is 19.3. The molecule has 0 aliphatic carbocycles. The summed E-state index contributed by atoms with van der Waals surface area (Å²) in [6.45, 7) is 6.38. The first-order chi connectivity index (χ1) is 12.1. The van der Waals surface area contributed by atoms with Crippen LogP contribution in [0.25, 0.3) is 0 Å². The van der Waals surface area contributed by atoms with Gasteiger partial charge in [-0.1, -0.05) is 11.6 Å². The molecule has 1 fully saturated rings. The quantitative estimate of drug-likeness (QED) is 0.709. The maximum Gasteiger partial charge on any atom is 0.317 e. The predicted molar refractivity (Wildman–Crippen MR) is 97.0 cm³/mol. The molecule has 0 atom stereocenters. The molecule has 1 aliphatic heterocycles. The van der Waals surface area contributed by atoms with Crippen molar-refractivity contribution in [3.05, 3.63) is 29.3 Å². The maximum absolute atomic E-state index is 12.1. The lowest BCUT2D eigenvalue weighted by Gasteiger charge is -2.34. The van der Waals surface area contributed by atoms with Gasteiger partial charge in [0.25, 0.3) is 0 Å². The van der Waals surface area contributed by atoms with E-state index in [1.165, 1.54) is 0 Å². The normalized spacial score (nSPS) is 14.9. The van der Waals surface area contributed by atoms with E-state index in [9.17, 15) is 9.59 Å². The first-order valence-electron chi connectivity index (χ1n) is 8.48. The third-order valence-electron chi connectivity index (χ3n) is 3.86. The van der Waals surface area contributed by atoms with Gasteiger partial charge in [-0.15, -0.1) is 0 Å². The highest BCUT2D eigenvalue weighted by Crippen LogP contribution is 2.15. The summed E-state index contributed by atoms with van der Waals surface area (Å²) in [5.41, 5.74) is 0. The fraction of sp³-hybridized carbons (Fsp3) is 0.529. The minimum atomic E-state index is -0.0997. The number of ether oxygens (including phenoxy) is 1. The summed E-state index contributed by atoms with van der Waals surface area (Å²) < 4.78 is 5.54. The lowest BCUT2D eigenvalue weighted by atomic mass is 10.3. The Hall–Kier alpha value is -1.99. The Morgan fingerprint density at radius 1 is 1.12 bits per heavy atom. The Kier molecular flexibility index (Phi) is 7.81. The Morgan fingerprint density at radius 2 is 1.80 bits per heavy atom. The molecule has 1 aliphatic rings. The average Bonchev–Trinajstić information content (AvgIpc) is 2.61. The molecule has 2 N–H and O–H groups in total. The summed E-state index contributed by atoms with van der Waals surface area (Å²) in [4.78, 5) is 27.5. The minimum absolute atomic E-state index is 0.0275. The van der Waals surface area contributed by atoms with E-state index >= 15 is 0 Å². The van der Waals surface area contributed by atoms with Crippen LogP contribution in [-0.4, -0.2) is 74.2 Å². The van der Waals surface area contributed by atoms with Crippen LogP contribution in [0.3, 0.4) is 0 Å². The van der Waals surface area contributed by atoms with Crippen LogP contribution in [0.2, 0.25) is 5.02 Å². The summed E-state index contributed by atoms with van der Waals surface area (Å²) in [5.74, 6) is 0.748. The van der Waals surface area contributed by atoms with Gasteiger partial charge in [-0.25, -0.2) is 4.79 Å². The van der Waals surface area contributed by atoms with Crippen molar-refractivity contribution in [1.82, 2.24) is 20.4 Å². The van der Waals surface area contributed by atoms with Crippen molar-refractivity contribution >= 4 is 23.5 Å². The molecule has 138 valence electrons. The second-order valence-electron chi connectivity index (χ2n) is 5.75. The minimum Gasteiger partial charge on any atom is -0.492 e. The standard InChI is InChI=1S/C17H25ClN4O3/c1-2-19-16(23)13-21-8-10-22(11-9-21)17(24)20-7-12-25-15-5-3-14(18)4-6-15/h3-6H,2,7-13H2,1H3,(H,19,23)(H,20,24). The van der Waals surface area contributed by atoms with E-state index in [1.807, 2.05) is 6.92 Å². The van der Waals surface area contributed by atoms with Gasteiger partial charge in [-0.2, -0.15) is 0 Å². The number of amides is 3. The van der Waals surface area contributed by atoms with Crippen molar-refractivity contribution in [1.29, 1.82) is 0 Å². The highest BCUT2D eigenvalue weighted by atomic mass is 35.5. The number of rotatable bonds is 7. The molecule has 0 aromatic heterocycles. The molecule has 1 saturated heterocycles. The van der Waals surface area contributed by atoms with E-state index in [1.54, 1.807) is 29.2 Å². The number of benzene rings is 1. The molecular formula is C17H25ClN4O3. The van der Waals surface area contributed by atoms with Crippen LogP contribution in [0.5, 0.6) is 5.75 Å². The van der Waals surface area contributed by atoms with Crippen LogP contribution in [-0.2, 0) is 4.79 Å². The van der Waals surface area contributed by atoms with Crippen molar-refractivity contribution in [3.63, 3.8) is 0 Å². The monoisotopic (exact) mass is 368 g/mol. The molecule has 0 bridgehead atoms. The zero-order valence-corrected chi connectivity index (χ0v) is 15.2. The van der Waals surface area contributed by atoms with E-state index in [2.05, 4.69) is 15.5 Å². The molecule has 2 rings (SSSR count). The molecule has 0 radical (unpaired) electrons. The van der Waals surface area contributed by atoms with Crippen LogP contribution in [0, 0.1) is 0 Å². The predicted octanol–water partition coefficient (Wildman–Crippen LogP) is 1.18. The average molecular weight is 369 g/mol. The number of halogens is 1. The summed E-state index contributed by atoms with van der Waals surface area (Å²) in [6.07, 6.45) is 0.